The van der Waals surface area contributed by atoms with Gasteiger partial charge in [-0.25, -0.2) is 0 Å². The smallest absolute Gasteiger partial charge is 0.221 e. The van der Waals surface area contributed by atoms with Crippen LogP contribution in [0.2, 0.25) is 0 Å². The van der Waals surface area contributed by atoms with Crippen LogP contribution in [0.15, 0.2) is 5.16 Å². The van der Waals surface area contributed by atoms with E-state index in [1.54, 1.807) is 7.05 Å². The number of hydrogen-bond donors (Lipinski definition) is 4. The van der Waals surface area contributed by atoms with Gasteiger partial charge in [-0.05, 0) is 6.42 Å². The zero-order valence-corrected chi connectivity index (χ0v) is 8.58. The van der Waals surface area contributed by atoms with Gasteiger partial charge in [-0.2, -0.15) is 0 Å². The minimum Gasteiger partial charge on any atom is -0.409 e. The SMILES string of the molecule is CCC(NCCC(=O)NC)C(N)=NO. The van der Waals surface area contributed by atoms with E-state index in [2.05, 4.69) is 15.8 Å². The standard InChI is InChI=1S/C8H18N4O2/c1-3-6(8(9)12-14)11-5-4-7(13)10-2/h6,11,14H,3-5H2,1-2H3,(H2,9,12)(H,10,13). The van der Waals surface area contributed by atoms with Crippen molar-refractivity contribution in [1.82, 2.24) is 10.6 Å². The molecule has 1 amide bonds. The van der Waals surface area contributed by atoms with Crippen LogP contribution in [0.3, 0.4) is 0 Å². The lowest BCUT2D eigenvalue weighted by Crippen LogP contribution is -2.42. The van der Waals surface area contributed by atoms with E-state index in [-0.39, 0.29) is 17.8 Å². The number of nitrogens with two attached hydrogens (primary N) is 1. The first kappa shape index (κ1) is 12.7. The number of oxime groups is 1. The van der Waals surface area contributed by atoms with Crippen LogP contribution in [-0.2, 0) is 4.79 Å². The average molecular weight is 202 g/mol. The first-order valence-electron chi connectivity index (χ1n) is 4.57. The minimum absolute atomic E-state index is 0.0353. The highest BCUT2D eigenvalue weighted by Gasteiger charge is 2.10. The first-order chi connectivity index (χ1) is 6.65. The van der Waals surface area contributed by atoms with E-state index in [4.69, 9.17) is 10.9 Å². The van der Waals surface area contributed by atoms with E-state index in [0.29, 0.717) is 19.4 Å². The average Bonchev–Trinajstić information content (AvgIpc) is 2.22. The summed E-state index contributed by atoms with van der Waals surface area (Å²) in [7, 11) is 1.59. The normalized spacial score (nSPS) is 13.7. The summed E-state index contributed by atoms with van der Waals surface area (Å²) in [6.45, 7) is 2.42. The molecule has 1 atom stereocenters. The Morgan fingerprint density at radius 3 is 2.71 bits per heavy atom. The highest BCUT2D eigenvalue weighted by molar-refractivity contribution is 5.85. The van der Waals surface area contributed by atoms with Crippen molar-refractivity contribution in [2.75, 3.05) is 13.6 Å². The van der Waals surface area contributed by atoms with Crippen LogP contribution >= 0.6 is 0 Å². The first-order valence-corrected chi connectivity index (χ1v) is 4.57. The van der Waals surface area contributed by atoms with Gasteiger partial charge in [0.2, 0.25) is 5.91 Å². The number of amidine groups is 1. The lowest BCUT2D eigenvalue weighted by molar-refractivity contribution is -0.120. The van der Waals surface area contributed by atoms with Crippen molar-refractivity contribution >= 4 is 11.7 Å². The van der Waals surface area contributed by atoms with Crippen LogP contribution in [0.5, 0.6) is 0 Å². The fraction of sp³-hybridized carbons (Fsp3) is 0.750. The number of carbonyl (C=O) groups is 1. The van der Waals surface area contributed by atoms with Crippen molar-refractivity contribution in [1.29, 1.82) is 0 Å². The molecular formula is C8H18N4O2. The molecule has 6 nitrogen and oxygen atoms in total. The molecule has 0 heterocycles. The molecule has 0 aromatic carbocycles. The van der Waals surface area contributed by atoms with Gasteiger partial charge in [0, 0.05) is 20.0 Å². The summed E-state index contributed by atoms with van der Waals surface area (Å²) < 4.78 is 0. The molecule has 0 aliphatic heterocycles. The maximum absolute atomic E-state index is 10.9. The Balaban J connectivity index is 3.79. The third kappa shape index (κ3) is 4.66. The van der Waals surface area contributed by atoms with Crippen molar-refractivity contribution in [2.24, 2.45) is 10.9 Å². The lowest BCUT2D eigenvalue weighted by atomic mass is 10.2. The van der Waals surface area contributed by atoms with Crippen LogP contribution in [-0.4, -0.2) is 36.6 Å². The van der Waals surface area contributed by atoms with Crippen molar-refractivity contribution in [2.45, 2.75) is 25.8 Å². The van der Waals surface area contributed by atoms with Gasteiger partial charge in [0.1, 0.15) is 0 Å². The number of nitrogens with zero attached hydrogens (tertiary/aromatic N) is 1. The number of amides is 1. The summed E-state index contributed by atoms with van der Waals surface area (Å²) in [5.41, 5.74) is 5.41. The van der Waals surface area contributed by atoms with Gasteiger partial charge < -0.3 is 21.6 Å². The summed E-state index contributed by atoms with van der Waals surface area (Å²) in [6.07, 6.45) is 1.09. The second-order valence-corrected chi connectivity index (χ2v) is 2.86. The van der Waals surface area contributed by atoms with Gasteiger partial charge in [-0.1, -0.05) is 12.1 Å². The van der Waals surface area contributed by atoms with E-state index >= 15 is 0 Å². The Hall–Kier alpha value is -1.30. The van der Waals surface area contributed by atoms with Gasteiger partial charge in [0.05, 0.1) is 6.04 Å². The van der Waals surface area contributed by atoms with Gasteiger partial charge in [-0.15, -0.1) is 0 Å². The predicted molar refractivity (Wildman–Crippen MR) is 54.2 cm³/mol. The summed E-state index contributed by atoms with van der Waals surface area (Å²) in [5.74, 6) is 0.108. The van der Waals surface area contributed by atoms with Crippen molar-refractivity contribution < 1.29 is 10.0 Å². The molecule has 0 saturated carbocycles. The molecule has 0 aromatic rings. The fourth-order valence-electron chi connectivity index (χ4n) is 1.01. The van der Waals surface area contributed by atoms with E-state index in [1.165, 1.54) is 0 Å². The minimum atomic E-state index is -0.176. The Bertz CT molecular complexity index is 206. The van der Waals surface area contributed by atoms with Crippen molar-refractivity contribution in [3.8, 4) is 0 Å². The molecule has 0 spiro atoms. The second kappa shape index (κ2) is 7.14. The molecule has 0 saturated heterocycles. The highest BCUT2D eigenvalue weighted by atomic mass is 16.4. The fourth-order valence-corrected chi connectivity index (χ4v) is 1.01. The Kier molecular flexibility index (Phi) is 6.47. The molecule has 6 heteroatoms. The van der Waals surface area contributed by atoms with E-state index < -0.39 is 0 Å². The molecule has 0 rings (SSSR count). The van der Waals surface area contributed by atoms with Gasteiger partial charge in [0.15, 0.2) is 5.84 Å². The van der Waals surface area contributed by atoms with E-state index in [1.807, 2.05) is 6.92 Å². The largest absolute Gasteiger partial charge is 0.409 e. The Morgan fingerprint density at radius 1 is 1.64 bits per heavy atom. The number of carbonyl (C=O) groups excluding carboxylic acids is 1. The zero-order valence-electron chi connectivity index (χ0n) is 8.58. The van der Waals surface area contributed by atoms with E-state index in [9.17, 15) is 4.79 Å². The second-order valence-electron chi connectivity index (χ2n) is 2.86. The molecule has 1 unspecified atom stereocenters. The predicted octanol–water partition coefficient (Wildman–Crippen LogP) is -0.763. The van der Waals surface area contributed by atoms with Gasteiger partial charge >= 0.3 is 0 Å². The van der Waals surface area contributed by atoms with Crippen LogP contribution in [0.1, 0.15) is 19.8 Å². The molecule has 0 fully saturated rings. The van der Waals surface area contributed by atoms with Crippen LogP contribution in [0.25, 0.3) is 0 Å². The molecule has 82 valence electrons. The zero-order chi connectivity index (χ0) is 11.0. The van der Waals surface area contributed by atoms with Gasteiger partial charge in [-0.3, -0.25) is 4.79 Å². The number of nitrogens with one attached hydrogen (secondary N) is 2. The molecule has 5 N–H and O–H groups in total. The maximum Gasteiger partial charge on any atom is 0.221 e. The molecule has 14 heavy (non-hydrogen) atoms. The summed E-state index contributed by atoms with van der Waals surface area (Å²) >= 11 is 0. The molecular weight excluding hydrogens is 184 g/mol. The quantitative estimate of drug-likeness (QED) is 0.197. The van der Waals surface area contributed by atoms with Crippen molar-refractivity contribution in [3.63, 3.8) is 0 Å². The lowest BCUT2D eigenvalue weighted by Gasteiger charge is -2.14. The third-order valence-corrected chi connectivity index (χ3v) is 1.90. The van der Waals surface area contributed by atoms with Crippen molar-refractivity contribution in [3.05, 3.63) is 0 Å². The molecule has 0 radical (unpaired) electrons. The topological polar surface area (TPSA) is 99.7 Å². The summed E-state index contributed by atoms with van der Waals surface area (Å²) in [6, 6.07) is -0.176. The third-order valence-electron chi connectivity index (χ3n) is 1.90. The number of rotatable bonds is 6. The Morgan fingerprint density at radius 2 is 2.29 bits per heavy atom. The van der Waals surface area contributed by atoms with Crippen LogP contribution in [0, 0.1) is 0 Å². The van der Waals surface area contributed by atoms with Crippen LogP contribution in [0.4, 0.5) is 0 Å². The maximum atomic E-state index is 10.9. The van der Waals surface area contributed by atoms with Crippen LogP contribution < -0.4 is 16.4 Å². The molecule has 0 bridgehead atoms. The summed E-state index contributed by atoms with van der Waals surface area (Å²) in [5, 5.41) is 16.9. The van der Waals surface area contributed by atoms with Gasteiger partial charge in [0.25, 0.3) is 0 Å². The molecule has 0 aliphatic rings. The monoisotopic (exact) mass is 202 g/mol. The Labute approximate surface area is 83.5 Å². The number of hydrogen-bond acceptors (Lipinski definition) is 4. The molecule has 0 aromatic heterocycles. The molecule has 0 aliphatic carbocycles. The summed E-state index contributed by atoms with van der Waals surface area (Å²) in [4.78, 5) is 10.9. The van der Waals surface area contributed by atoms with E-state index in [0.717, 1.165) is 0 Å². The highest BCUT2D eigenvalue weighted by Crippen LogP contribution is 1.91.